The van der Waals surface area contributed by atoms with Crippen molar-refractivity contribution in [2.24, 2.45) is 5.92 Å². The van der Waals surface area contributed by atoms with Crippen molar-refractivity contribution in [3.05, 3.63) is 0 Å². The number of esters is 1. The van der Waals surface area contributed by atoms with E-state index in [9.17, 15) is 4.79 Å². The first kappa shape index (κ1) is 20.4. The standard InChI is InChI=1S/C18H36O3/c1-3-21-18(20)16-17(2)14-12-10-8-6-4-5-7-9-11-13-15-19/h17,19H,3-16H2,1-2H3. The van der Waals surface area contributed by atoms with Crippen LogP contribution >= 0.6 is 0 Å². The molecule has 0 aromatic heterocycles. The smallest absolute Gasteiger partial charge is 0.306 e. The molecule has 3 heteroatoms. The quantitative estimate of drug-likeness (QED) is 0.347. The molecular weight excluding hydrogens is 264 g/mol. The van der Waals surface area contributed by atoms with Crippen LogP contribution in [0.5, 0.6) is 0 Å². The van der Waals surface area contributed by atoms with Crippen LogP contribution in [0.25, 0.3) is 0 Å². The summed E-state index contributed by atoms with van der Waals surface area (Å²) >= 11 is 0. The second kappa shape index (κ2) is 15.8. The predicted octanol–water partition coefficient (Wildman–Crippen LogP) is 4.86. The Morgan fingerprint density at radius 1 is 0.905 bits per heavy atom. The van der Waals surface area contributed by atoms with Gasteiger partial charge >= 0.3 is 5.97 Å². The largest absolute Gasteiger partial charge is 0.466 e. The Bertz CT molecular complexity index is 229. The lowest BCUT2D eigenvalue weighted by atomic mass is 9.99. The Balaban J connectivity index is 3.19. The molecule has 0 heterocycles. The molecule has 0 spiro atoms. The lowest BCUT2D eigenvalue weighted by molar-refractivity contribution is -0.144. The Labute approximate surface area is 131 Å². The van der Waals surface area contributed by atoms with Crippen molar-refractivity contribution >= 4 is 5.97 Å². The molecular formula is C18H36O3. The zero-order valence-electron chi connectivity index (χ0n) is 14.2. The summed E-state index contributed by atoms with van der Waals surface area (Å²) in [5.41, 5.74) is 0. The van der Waals surface area contributed by atoms with E-state index in [1.54, 1.807) is 0 Å². The van der Waals surface area contributed by atoms with Crippen LogP contribution < -0.4 is 0 Å². The molecule has 1 atom stereocenters. The highest BCUT2D eigenvalue weighted by Gasteiger charge is 2.09. The first-order chi connectivity index (χ1) is 10.2. The van der Waals surface area contributed by atoms with Crippen LogP contribution in [0.4, 0.5) is 0 Å². The maximum Gasteiger partial charge on any atom is 0.306 e. The van der Waals surface area contributed by atoms with Gasteiger partial charge in [-0.05, 0) is 19.3 Å². The highest BCUT2D eigenvalue weighted by molar-refractivity contribution is 5.69. The molecule has 126 valence electrons. The normalized spacial score (nSPS) is 12.3. The molecule has 0 fully saturated rings. The van der Waals surface area contributed by atoms with Gasteiger partial charge in [0.25, 0.3) is 0 Å². The molecule has 0 aliphatic carbocycles. The summed E-state index contributed by atoms with van der Waals surface area (Å²) in [5.74, 6) is 0.404. The molecule has 0 amide bonds. The molecule has 1 N–H and O–H groups in total. The third-order valence-electron chi connectivity index (χ3n) is 3.93. The lowest BCUT2D eigenvalue weighted by Crippen LogP contribution is -2.09. The molecule has 0 saturated heterocycles. The molecule has 0 bridgehead atoms. The summed E-state index contributed by atoms with van der Waals surface area (Å²) in [6, 6.07) is 0. The SMILES string of the molecule is CCOC(=O)CC(C)CCCCCCCCCCCCO. The third kappa shape index (κ3) is 15.6. The van der Waals surface area contributed by atoms with Crippen LogP contribution in [0.2, 0.25) is 0 Å². The van der Waals surface area contributed by atoms with Crippen molar-refractivity contribution in [2.75, 3.05) is 13.2 Å². The number of rotatable bonds is 15. The van der Waals surface area contributed by atoms with Crippen LogP contribution in [0, 0.1) is 5.92 Å². The van der Waals surface area contributed by atoms with Crippen LogP contribution in [0.3, 0.4) is 0 Å². The van der Waals surface area contributed by atoms with E-state index in [2.05, 4.69) is 6.92 Å². The summed E-state index contributed by atoms with van der Waals surface area (Å²) in [6.45, 7) is 4.83. The highest BCUT2D eigenvalue weighted by atomic mass is 16.5. The van der Waals surface area contributed by atoms with E-state index >= 15 is 0 Å². The van der Waals surface area contributed by atoms with Gasteiger partial charge in [-0.15, -0.1) is 0 Å². The van der Waals surface area contributed by atoms with Crippen LogP contribution in [-0.4, -0.2) is 24.3 Å². The van der Waals surface area contributed by atoms with E-state index in [0.717, 1.165) is 12.8 Å². The van der Waals surface area contributed by atoms with E-state index in [0.29, 0.717) is 25.6 Å². The van der Waals surface area contributed by atoms with E-state index in [4.69, 9.17) is 9.84 Å². The Morgan fingerprint density at radius 3 is 1.86 bits per heavy atom. The molecule has 0 aromatic rings. The van der Waals surface area contributed by atoms with Crippen molar-refractivity contribution < 1.29 is 14.6 Å². The average molecular weight is 300 g/mol. The molecule has 1 unspecified atom stereocenters. The van der Waals surface area contributed by atoms with Gasteiger partial charge in [0, 0.05) is 13.0 Å². The van der Waals surface area contributed by atoms with Gasteiger partial charge in [-0.25, -0.2) is 0 Å². The van der Waals surface area contributed by atoms with E-state index in [-0.39, 0.29) is 5.97 Å². The highest BCUT2D eigenvalue weighted by Crippen LogP contribution is 2.16. The summed E-state index contributed by atoms with van der Waals surface area (Å²) < 4.78 is 4.97. The van der Waals surface area contributed by atoms with Crippen molar-refractivity contribution in [3.8, 4) is 0 Å². The number of carbonyl (C=O) groups excluding carboxylic acids is 1. The predicted molar refractivity (Wildman–Crippen MR) is 88.3 cm³/mol. The zero-order chi connectivity index (χ0) is 15.8. The first-order valence-electron chi connectivity index (χ1n) is 8.97. The summed E-state index contributed by atoms with van der Waals surface area (Å²) in [5, 5.41) is 8.68. The van der Waals surface area contributed by atoms with Gasteiger partial charge in [0.15, 0.2) is 0 Å². The van der Waals surface area contributed by atoms with Gasteiger partial charge in [0.05, 0.1) is 6.61 Å². The molecule has 0 aromatic carbocycles. The van der Waals surface area contributed by atoms with Crippen LogP contribution in [0.1, 0.15) is 90.9 Å². The van der Waals surface area contributed by atoms with Crippen molar-refractivity contribution in [3.63, 3.8) is 0 Å². The van der Waals surface area contributed by atoms with Gasteiger partial charge in [-0.2, -0.15) is 0 Å². The Hall–Kier alpha value is -0.570. The molecule has 0 saturated carbocycles. The van der Waals surface area contributed by atoms with E-state index < -0.39 is 0 Å². The number of ether oxygens (including phenoxy) is 1. The number of aliphatic hydroxyl groups is 1. The number of aliphatic hydroxyl groups excluding tert-OH is 1. The fourth-order valence-electron chi connectivity index (χ4n) is 2.63. The number of hydrogen-bond donors (Lipinski definition) is 1. The van der Waals surface area contributed by atoms with E-state index in [1.165, 1.54) is 57.8 Å². The fourth-order valence-corrected chi connectivity index (χ4v) is 2.63. The molecule has 3 nitrogen and oxygen atoms in total. The number of unbranched alkanes of at least 4 members (excludes halogenated alkanes) is 9. The second-order valence-corrected chi connectivity index (χ2v) is 6.16. The lowest BCUT2D eigenvalue weighted by Gasteiger charge is -2.10. The molecule has 0 rings (SSSR count). The van der Waals surface area contributed by atoms with Gasteiger partial charge in [-0.1, -0.05) is 71.1 Å². The third-order valence-corrected chi connectivity index (χ3v) is 3.93. The summed E-state index contributed by atoms with van der Waals surface area (Å²) in [4.78, 5) is 11.3. The van der Waals surface area contributed by atoms with Crippen molar-refractivity contribution in [2.45, 2.75) is 90.9 Å². The average Bonchev–Trinajstić information content (AvgIpc) is 2.45. The number of hydrogen-bond acceptors (Lipinski definition) is 3. The van der Waals surface area contributed by atoms with E-state index in [1.807, 2.05) is 6.92 Å². The zero-order valence-corrected chi connectivity index (χ0v) is 14.2. The monoisotopic (exact) mass is 300 g/mol. The second-order valence-electron chi connectivity index (χ2n) is 6.16. The molecule has 0 aliphatic rings. The van der Waals surface area contributed by atoms with Crippen molar-refractivity contribution in [1.29, 1.82) is 0 Å². The maximum absolute atomic E-state index is 11.3. The fraction of sp³-hybridized carbons (Fsp3) is 0.944. The topological polar surface area (TPSA) is 46.5 Å². The molecule has 0 aliphatic heterocycles. The minimum absolute atomic E-state index is 0.0498. The Morgan fingerprint density at radius 2 is 1.38 bits per heavy atom. The first-order valence-corrected chi connectivity index (χ1v) is 8.97. The van der Waals surface area contributed by atoms with Gasteiger partial charge in [-0.3, -0.25) is 4.79 Å². The van der Waals surface area contributed by atoms with Gasteiger partial charge in [0.2, 0.25) is 0 Å². The van der Waals surface area contributed by atoms with Gasteiger partial charge < -0.3 is 9.84 Å². The molecule has 21 heavy (non-hydrogen) atoms. The van der Waals surface area contributed by atoms with Crippen LogP contribution in [-0.2, 0) is 9.53 Å². The minimum Gasteiger partial charge on any atom is -0.466 e. The van der Waals surface area contributed by atoms with Gasteiger partial charge in [0.1, 0.15) is 0 Å². The minimum atomic E-state index is -0.0498. The summed E-state index contributed by atoms with van der Waals surface area (Å²) in [7, 11) is 0. The summed E-state index contributed by atoms with van der Waals surface area (Å²) in [6.07, 6.45) is 14.3. The van der Waals surface area contributed by atoms with Crippen LogP contribution in [0.15, 0.2) is 0 Å². The van der Waals surface area contributed by atoms with Crippen molar-refractivity contribution in [1.82, 2.24) is 0 Å². The Kier molecular flexibility index (Phi) is 15.4. The molecule has 0 radical (unpaired) electrons. The number of carbonyl (C=O) groups is 1. The maximum atomic E-state index is 11.3.